The lowest BCUT2D eigenvalue weighted by Crippen LogP contribution is -2.58. The topological polar surface area (TPSA) is 84.9 Å². The molecule has 3 rings (SSSR count). The van der Waals surface area contributed by atoms with E-state index in [2.05, 4.69) is 26.1 Å². The zero-order valence-corrected chi connectivity index (χ0v) is 19.5. The van der Waals surface area contributed by atoms with E-state index in [1.165, 1.54) is 10.5 Å². The number of esters is 1. The van der Waals surface area contributed by atoms with Crippen LogP contribution in [0.3, 0.4) is 0 Å². The molecule has 0 spiro atoms. The molecule has 2 amide bonds. The molecule has 0 radical (unpaired) electrons. The molecule has 33 heavy (non-hydrogen) atoms. The minimum absolute atomic E-state index is 0.0262. The van der Waals surface area contributed by atoms with Crippen molar-refractivity contribution in [2.24, 2.45) is 0 Å². The van der Waals surface area contributed by atoms with E-state index in [9.17, 15) is 14.4 Å². The average molecular weight is 453 g/mol. The fourth-order valence-corrected chi connectivity index (χ4v) is 3.64. The summed E-state index contributed by atoms with van der Waals surface area (Å²) in [6.45, 7) is 7.05. The molecule has 2 aromatic carbocycles. The lowest BCUT2D eigenvalue weighted by molar-refractivity contribution is -0.152. The largest absolute Gasteiger partial charge is 0.484 e. The average Bonchev–Trinajstić information content (AvgIpc) is 2.79. The van der Waals surface area contributed by atoms with E-state index in [1.54, 1.807) is 0 Å². The van der Waals surface area contributed by atoms with Gasteiger partial charge in [-0.15, -0.1) is 0 Å². The van der Waals surface area contributed by atoms with Crippen LogP contribution in [-0.4, -0.2) is 55.0 Å². The maximum absolute atomic E-state index is 12.8. The Labute approximate surface area is 195 Å². The fourth-order valence-electron chi connectivity index (χ4n) is 3.64. The Morgan fingerprint density at radius 2 is 1.76 bits per heavy atom. The standard InChI is InChI=1S/C26H32N2O5/c1-26(2,3)20-9-11-21(12-10-20)33-18-23(29)28-15-14-27-25(31)22(28)17-24(30)32-16-13-19-7-5-4-6-8-19/h4-12,22H,13-18H2,1-3H3,(H,27,31). The summed E-state index contributed by atoms with van der Waals surface area (Å²) in [5.74, 6) is -0.630. The van der Waals surface area contributed by atoms with Crippen LogP contribution in [0.5, 0.6) is 5.75 Å². The summed E-state index contributed by atoms with van der Waals surface area (Å²) in [6, 6.07) is 16.4. The highest BCUT2D eigenvalue weighted by molar-refractivity contribution is 5.92. The molecular formula is C26H32N2O5. The number of amides is 2. The summed E-state index contributed by atoms with van der Waals surface area (Å²) in [5.41, 5.74) is 2.25. The first-order valence-corrected chi connectivity index (χ1v) is 11.2. The van der Waals surface area contributed by atoms with Gasteiger partial charge in [-0.1, -0.05) is 63.2 Å². The monoisotopic (exact) mass is 452 g/mol. The molecule has 1 aliphatic rings. The van der Waals surface area contributed by atoms with Crippen LogP contribution >= 0.6 is 0 Å². The minimum Gasteiger partial charge on any atom is -0.484 e. The van der Waals surface area contributed by atoms with Crippen LogP contribution in [0.1, 0.15) is 38.3 Å². The van der Waals surface area contributed by atoms with Gasteiger partial charge in [-0.05, 0) is 28.7 Å². The number of hydrogen-bond acceptors (Lipinski definition) is 5. The third-order valence-electron chi connectivity index (χ3n) is 5.59. The lowest BCUT2D eigenvalue weighted by Gasteiger charge is -2.34. The molecule has 1 heterocycles. The summed E-state index contributed by atoms with van der Waals surface area (Å²) in [6.07, 6.45) is 0.403. The predicted molar refractivity (Wildman–Crippen MR) is 125 cm³/mol. The number of carbonyl (C=O) groups excluding carboxylic acids is 3. The first-order valence-electron chi connectivity index (χ1n) is 11.2. The van der Waals surface area contributed by atoms with Crippen molar-refractivity contribution in [2.75, 3.05) is 26.3 Å². The van der Waals surface area contributed by atoms with Crippen LogP contribution in [0, 0.1) is 0 Å². The van der Waals surface area contributed by atoms with E-state index in [4.69, 9.17) is 9.47 Å². The molecule has 1 unspecified atom stereocenters. The third-order valence-corrected chi connectivity index (χ3v) is 5.59. The second kappa shape index (κ2) is 11.0. The van der Waals surface area contributed by atoms with Gasteiger partial charge in [-0.3, -0.25) is 14.4 Å². The van der Waals surface area contributed by atoms with Crippen molar-refractivity contribution in [3.8, 4) is 5.75 Å². The van der Waals surface area contributed by atoms with Crippen molar-refractivity contribution in [2.45, 2.75) is 45.1 Å². The molecule has 1 N–H and O–H groups in total. The molecule has 1 atom stereocenters. The molecule has 0 aromatic heterocycles. The number of ether oxygens (including phenoxy) is 2. The van der Waals surface area contributed by atoms with Gasteiger partial charge < -0.3 is 19.7 Å². The van der Waals surface area contributed by atoms with Gasteiger partial charge in [0.05, 0.1) is 13.0 Å². The van der Waals surface area contributed by atoms with Crippen molar-refractivity contribution >= 4 is 17.8 Å². The van der Waals surface area contributed by atoms with Crippen LogP contribution in [0.4, 0.5) is 0 Å². The van der Waals surface area contributed by atoms with Crippen LogP contribution in [0.2, 0.25) is 0 Å². The number of benzene rings is 2. The maximum atomic E-state index is 12.8. The number of piperazine rings is 1. The van der Waals surface area contributed by atoms with E-state index in [1.807, 2.05) is 54.6 Å². The summed E-state index contributed by atoms with van der Waals surface area (Å²) >= 11 is 0. The minimum atomic E-state index is -0.901. The molecule has 7 nitrogen and oxygen atoms in total. The highest BCUT2D eigenvalue weighted by Crippen LogP contribution is 2.24. The number of rotatable bonds is 8. The summed E-state index contributed by atoms with van der Waals surface area (Å²) in [7, 11) is 0. The third kappa shape index (κ3) is 7.07. The maximum Gasteiger partial charge on any atom is 0.308 e. The smallest absolute Gasteiger partial charge is 0.308 e. The highest BCUT2D eigenvalue weighted by atomic mass is 16.5. The Balaban J connectivity index is 1.52. The summed E-state index contributed by atoms with van der Waals surface area (Å²) in [4.78, 5) is 38.9. The Morgan fingerprint density at radius 3 is 2.42 bits per heavy atom. The Hall–Kier alpha value is -3.35. The van der Waals surface area contributed by atoms with E-state index >= 15 is 0 Å². The lowest BCUT2D eigenvalue weighted by atomic mass is 9.87. The molecular weight excluding hydrogens is 420 g/mol. The molecule has 1 aliphatic heterocycles. The molecule has 176 valence electrons. The van der Waals surface area contributed by atoms with Gasteiger partial charge in [0.2, 0.25) is 5.91 Å². The van der Waals surface area contributed by atoms with Gasteiger partial charge in [0.15, 0.2) is 6.61 Å². The van der Waals surface area contributed by atoms with Gasteiger partial charge in [0.1, 0.15) is 11.8 Å². The molecule has 0 saturated carbocycles. The fraction of sp³-hybridized carbons (Fsp3) is 0.423. The molecule has 1 saturated heterocycles. The van der Waals surface area contributed by atoms with Gasteiger partial charge in [0, 0.05) is 19.5 Å². The number of hydrogen-bond donors (Lipinski definition) is 1. The Morgan fingerprint density at radius 1 is 1.06 bits per heavy atom. The van der Waals surface area contributed by atoms with Crippen LogP contribution in [0.25, 0.3) is 0 Å². The van der Waals surface area contributed by atoms with Crippen LogP contribution < -0.4 is 10.1 Å². The zero-order chi connectivity index (χ0) is 23.8. The number of nitrogens with zero attached hydrogens (tertiary/aromatic N) is 1. The van der Waals surface area contributed by atoms with Crippen LogP contribution in [-0.2, 0) is 31.0 Å². The van der Waals surface area contributed by atoms with Crippen molar-refractivity contribution in [3.05, 3.63) is 65.7 Å². The van der Waals surface area contributed by atoms with Crippen LogP contribution in [0.15, 0.2) is 54.6 Å². The highest BCUT2D eigenvalue weighted by Gasteiger charge is 2.35. The molecule has 1 fully saturated rings. The number of nitrogens with one attached hydrogen (secondary N) is 1. The van der Waals surface area contributed by atoms with Gasteiger partial charge in [-0.2, -0.15) is 0 Å². The van der Waals surface area contributed by atoms with Crippen molar-refractivity contribution in [3.63, 3.8) is 0 Å². The molecule has 0 aliphatic carbocycles. The van der Waals surface area contributed by atoms with Gasteiger partial charge in [-0.25, -0.2) is 0 Å². The van der Waals surface area contributed by atoms with Crippen molar-refractivity contribution in [1.29, 1.82) is 0 Å². The molecule has 7 heteroatoms. The summed E-state index contributed by atoms with van der Waals surface area (Å²) in [5, 5.41) is 2.72. The van der Waals surface area contributed by atoms with E-state index in [-0.39, 0.29) is 36.9 Å². The van der Waals surface area contributed by atoms with Crippen molar-refractivity contribution in [1.82, 2.24) is 10.2 Å². The van der Waals surface area contributed by atoms with E-state index in [0.717, 1.165) is 5.56 Å². The molecule has 0 bridgehead atoms. The Kier molecular flexibility index (Phi) is 8.09. The first-order chi connectivity index (χ1) is 15.7. The van der Waals surface area contributed by atoms with Crippen molar-refractivity contribution < 1.29 is 23.9 Å². The van der Waals surface area contributed by atoms with Gasteiger partial charge in [0.25, 0.3) is 5.91 Å². The summed E-state index contributed by atoms with van der Waals surface area (Å²) < 4.78 is 11.0. The SMILES string of the molecule is CC(C)(C)c1ccc(OCC(=O)N2CCNC(=O)C2CC(=O)OCCc2ccccc2)cc1. The van der Waals surface area contributed by atoms with Gasteiger partial charge >= 0.3 is 5.97 Å². The number of carbonyl (C=O) groups is 3. The second-order valence-electron chi connectivity index (χ2n) is 9.12. The second-order valence-corrected chi connectivity index (χ2v) is 9.12. The quantitative estimate of drug-likeness (QED) is 0.623. The zero-order valence-electron chi connectivity index (χ0n) is 19.5. The first kappa shape index (κ1) is 24.3. The van der Waals surface area contributed by atoms with E-state index < -0.39 is 12.0 Å². The van der Waals surface area contributed by atoms with E-state index in [0.29, 0.717) is 25.3 Å². The molecule has 2 aromatic rings. The normalized spacial score (nSPS) is 16.2. The predicted octanol–water partition coefficient (Wildman–Crippen LogP) is 2.87. The Bertz CT molecular complexity index is 951.